The number of hydrogen-bond donors (Lipinski definition) is 2. The Bertz CT molecular complexity index is 553. The van der Waals surface area contributed by atoms with Crippen molar-refractivity contribution < 1.29 is 17.5 Å². The molecule has 6 nitrogen and oxygen atoms in total. The van der Waals surface area contributed by atoms with Gasteiger partial charge in [0.1, 0.15) is 0 Å². The van der Waals surface area contributed by atoms with Gasteiger partial charge in [0.05, 0.1) is 17.7 Å². The monoisotopic (exact) mass is 319 g/mol. The fraction of sp³-hybridized carbons (Fsp3) is 0.538. The fourth-order valence-corrected chi connectivity index (χ4v) is 2.92. The van der Waals surface area contributed by atoms with Crippen LogP contribution in [-0.4, -0.2) is 47.6 Å². The summed E-state index contributed by atoms with van der Waals surface area (Å²) in [5, 5.41) is 0. The molecule has 120 valence electrons. The first-order chi connectivity index (χ1) is 9.77. The molecule has 0 saturated carbocycles. The summed E-state index contributed by atoms with van der Waals surface area (Å²) in [6.07, 6.45) is 1.57. The first kappa shape index (κ1) is 17.7. The van der Waals surface area contributed by atoms with Gasteiger partial charge in [0.2, 0.25) is 10.0 Å². The van der Waals surface area contributed by atoms with Gasteiger partial charge in [-0.05, 0) is 45.6 Å². The number of nitrogens with one attached hydrogen (secondary N) is 1. The molecule has 0 atom stereocenters. The number of ether oxygens (including phenoxy) is 1. The number of anilines is 1. The zero-order chi connectivity index (χ0) is 16.0. The zero-order valence-electron chi connectivity index (χ0n) is 12.5. The third-order valence-corrected chi connectivity index (χ3v) is 4.32. The van der Waals surface area contributed by atoms with Crippen molar-refractivity contribution in [1.82, 2.24) is 9.62 Å². The highest BCUT2D eigenvalue weighted by molar-refractivity contribution is 7.89. The van der Waals surface area contributed by atoms with Crippen molar-refractivity contribution in [3.05, 3.63) is 17.9 Å². The first-order valence-corrected chi connectivity index (χ1v) is 8.03. The van der Waals surface area contributed by atoms with Gasteiger partial charge in [0.25, 0.3) is 0 Å². The third-order valence-electron chi connectivity index (χ3n) is 2.88. The molecular formula is C13H22FN3O3S. The normalized spacial score (nSPS) is 11.9. The molecule has 0 fully saturated rings. The van der Waals surface area contributed by atoms with E-state index in [9.17, 15) is 12.8 Å². The van der Waals surface area contributed by atoms with Crippen molar-refractivity contribution in [3.8, 4) is 5.75 Å². The minimum atomic E-state index is -3.77. The second kappa shape index (κ2) is 7.58. The number of benzene rings is 1. The van der Waals surface area contributed by atoms with Crippen LogP contribution in [0.3, 0.4) is 0 Å². The van der Waals surface area contributed by atoms with Gasteiger partial charge in [0, 0.05) is 6.54 Å². The maximum Gasteiger partial charge on any atom is 0.240 e. The molecule has 0 amide bonds. The molecule has 8 heteroatoms. The number of methoxy groups -OCH3 is 1. The van der Waals surface area contributed by atoms with Crippen LogP contribution in [0.1, 0.15) is 12.8 Å². The summed E-state index contributed by atoms with van der Waals surface area (Å²) in [6, 6.07) is 2.08. The standard InChI is InChI=1S/C13H22FN3O3S/c1-17(2)7-5-4-6-16-21(18,19)10-8-11(14)13(20-3)12(15)9-10/h8-9,16H,4-7,15H2,1-3H3. The van der Waals surface area contributed by atoms with E-state index in [4.69, 9.17) is 10.5 Å². The minimum absolute atomic E-state index is 0.0505. The van der Waals surface area contributed by atoms with Crippen molar-refractivity contribution in [1.29, 1.82) is 0 Å². The van der Waals surface area contributed by atoms with Crippen LogP contribution in [0.4, 0.5) is 10.1 Å². The summed E-state index contributed by atoms with van der Waals surface area (Å²) >= 11 is 0. The van der Waals surface area contributed by atoms with E-state index >= 15 is 0 Å². The number of halogens is 1. The summed E-state index contributed by atoms with van der Waals surface area (Å²) in [5.41, 5.74) is 5.53. The first-order valence-electron chi connectivity index (χ1n) is 6.55. The molecule has 0 spiro atoms. The van der Waals surface area contributed by atoms with E-state index in [2.05, 4.69) is 4.72 Å². The lowest BCUT2D eigenvalue weighted by atomic mass is 10.3. The molecular weight excluding hydrogens is 297 g/mol. The van der Waals surface area contributed by atoms with Gasteiger partial charge in [-0.25, -0.2) is 17.5 Å². The highest BCUT2D eigenvalue weighted by Crippen LogP contribution is 2.28. The SMILES string of the molecule is COc1c(N)cc(S(=O)(=O)NCCCCN(C)C)cc1F. The molecule has 3 N–H and O–H groups in total. The molecule has 0 heterocycles. The van der Waals surface area contributed by atoms with Crippen LogP contribution >= 0.6 is 0 Å². The Kier molecular flexibility index (Phi) is 6.38. The van der Waals surface area contributed by atoms with Gasteiger partial charge < -0.3 is 15.4 Å². The van der Waals surface area contributed by atoms with Crippen molar-refractivity contribution in [3.63, 3.8) is 0 Å². The van der Waals surface area contributed by atoms with Crippen LogP contribution in [0.25, 0.3) is 0 Å². The summed E-state index contributed by atoms with van der Waals surface area (Å²) in [6.45, 7) is 1.18. The number of nitrogens with zero attached hydrogens (tertiary/aromatic N) is 1. The molecule has 0 aliphatic heterocycles. The van der Waals surface area contributed by atoms with Gasteiger partial charge in [-0.3, -0.25) is 0 Å². The number of sulfonamides is 1. The van der Waals surface area contributed by atoms with E-state index < -0.39 is 15.8 Å². The van der Waals surface area contributed by atoms with Gasteiger partial charge in [-0.1, -0.05) is 0 Å². The van der Waals surface area contributed by atoms with Crippen LogP contribution in [0, 0.1) is 5.82 Å². The predicted octanol–water partition coefficient (Wildman–Crippen LogP) is 1.04. The van der Waals surface area contributed by atoms with E-state index in [-0.39, 0.29) is 16.3 Å². The summed E-state index contributed by atoms with van der Waals surface area (Å²) in [5.74, 6) is -0.953. The van der Waals surface area contributed by atoms with Crippen LogP contribution in [0.2, 0.25) is 0 Å². The fourth-order valence-electron chi connectivity index (χ4n) is 1.80. The Morgan fingerprint density at radius 2 is 2.00 bits per heavy atom. The Labute approximate surface area is 125 Å². The lowest BCUT2D eigenvalue weighted by Gasteiger charge is -2.11. The molecule has 0 unspecified atom stereocenters. The highest BCUT2D eigenvalue weighted by atomic mass is 32.2. The topological polar surface area (TPSA) is 84.7 Å². The lowest BCUT2D eigenvalue weighted by Crippen LogP contribution is -2.26. The van der Waals surface area contributed by atoms with Crippen molar-refractivity contribution in [2.75, 3.05) is 40.0 Å². The molecule has 0 aliphatic rings. The number of nitrogens with two attached hydrogens (primary N) is 1. The van der Waals surface area contributed by atoms with Gasteiger partial charge in [-0.2, -0.15) is 0 Å². The Morgan fingerprint density at radius 3 is 2.52 bits per heavy atom. The molecule has 21 heavy (non-hydrogen) atoms. The molecule has 1 aromatic carbocycles. The summed E-state index contributed by atoms with van der Waals surface area (Å²) in [4.78, 5) is 1.82. The molecule has 0 aromatic heterocycles. The predicted molar refractivity (Wildman–Crippen MR) is 80.3 cm³/mol. The maximum atomic E-state index is 13.7. The second-order valence-corrected chi connectivity index (χ2v) is 6.70. The summed E-state index contributed by atoms with van der Waals surface area (Å²) < 4.78 is 45.0. The van der Waals surface area contributed by atoms with Crippen LogP contribution in [0.5, 0.6) is 5.75 Å². The number of unbranched alkanes of at least 4 members (excludes halogenated alkanes) is 1. The average molecular weight is 319 g/mol. The molecule has 0 bridgehead atoms. The molecule has 1 rings (SSSR count). The van der Waals surface area contributed by atoms with E-state index in [0.717, 1.165) is 19.0 Å². The number of nitrogen functional groups attached to an aromatic ring is 1. The minimum Gasteiger partial charge on any atom is -0.492 e. The highest BCUT2D eigenvalue weighted by Gasteiger charge is 2.18. The van der Waals surface area contributed by atoms with Crippen LogP contribution in [0.15, 0.2) is 17.0 Å². The second-order valence-electron chi connectivity index (χ2n) is 4.94. The van der Waals surface area contributed by atoms with E-state index in [0.29, 0.717) is 13.0 Å². The molecule has 0 saturated heterocycles. The van der Waals surface area contributed by atoms with Crippen LogP contribution < -0.4 is 15.2 Å². The van der Waals surface area contributed by atoms with Gasteiger partial charge in [0.15, 0.2) is 11.6 Å². The van der Waals surface area contributed by atoms with E-state index in [1.165, 1.54) is 13.2 Å². The van der Waals surface area contributed by atoms with Gasteiger partial charge >= 0.3 is 0 Å². The van der Waals surface area contributed by atoms with Crippen molar-refractivity contribution in [2.45, 2.75) is 17.7 Å². The van der Waals surface area contributed by atoms with Crippen molar-refractivity contribution in [2.24, 2.45) is 0 Å². The lowest BCUT2D eigenvalue weighted by molar-refractivity contribution is 0.388. The Morgan fingerprint density at radius 1 is 1.33 bits per heavy atom. The van der Waals surface area contributed by atoms with E-state index in [1.54, 1.807) is 0 Å². The van der Waals surface area contributed by atoms with E-state index in [1.807, 2.05) is 19.0 Å². The Balaban J connectivity index is 2.71. The third kappa shape index (κ3) is 5.14. The molecule has 0 aliphatic carbocycles. The summed E-state index contributed by atoms with van der Waals surface area (Å²) in [7, 11) is 1.40. The smallest absolute Gasteiger partial charge is 0.240 e. The molecule has 0 radical (unpaired) electrons. The number of rotatable bonds is 8. The average Bonchev–Trinajstić information content (AvgIpc) is 2.37. The van der Waals surface area contributed by atoms with Crippen molar-refractivity contribution >= 4 is 15.7 Å². The Hall–Kier alpha value is -1.38. The quantitative estimate of drug-likeness (QED) is 0.552. The van der Waals surface area contributed by atoms with Gasteiger partial charge in [-0.15, -0.1) is 0 Å². The zero-order valence-corrected chi connectivity index (χ0v) is 13.3. The largest absolute Gasteiger partial charge is 0.492 e. The van der Waals surface area contributed by atoms with Crippen LogP contribution in [-0.2, 0) is 10.0 Å². The number of hydrogen-bond acceptors (Lipinski definition) is 5. The molecule has 1 aromatic rings. The maximum absolute atomic E-state index is 13.7.